The summed E-state index contributed by atoms with van der Waals surface area (Å²) >= 11 is 0. The van der Waals surface area contributed by atoms with Crippen molar-refractivity contribution in [3.8, 4) is 0 Å². The molecule has 2 fully saturated rings. The molecule has 1 saturated carbocycles. The summed E-state index contributed by atoms with van der Waals surface area (Å²) in [4.78, 5) is 14.7. The Morgan fingerprint density at radius 1 is 1.29 bits per heavy atom. The number of carbonyl (C=O) groups excluding carboxylic acids is 1. The molecule has 1 aliphatic heterocycles. The zero-order chi connectivity index (χ0) is 15.5. The first-order valence-corrected chi connectivity index (χ1v) is 9.05. The summed E-state index contributed by atoms with van der Waals surface area (Å²) in [5.41, 5.74) is -0.980. The Kier molecular flexibility index (Phi) is 5.48. The van der Waals surface area contributed by atoms with Crippen molar-refractivity contribution in [1.82, 2.24) is 4.90 Å². The average Bonchev–Trinajstić information content (AvgIpc) is 2.76. The number of nitrogens with zero attached hydrogens (tertiary/aromatic N) is 1. The normalized spacial score (nSPS) is 37.5. The van der Waals surface area contributed by atoms with Gasteiger partial charge in [-0.05, 0) is 44.9 Å². The van der Waals surface area contributed by atoms with Crippen molar-refractivity contribution in [3.63, 3.8) is 0 Å². The van der Waals surface area contributed by atoms with Crippen LogP contribution in [0, 0.1) is 11.3 Å². The van der Waals surface area contributed by atoms with E-state index in [1.807, 2.05) is 0 Å². The zero-order valence-electron chi connectivity index (χ0n) is 14.2. The molecule has 1 heterocycles. The van der Waals surface area contributed by atoms with Crippen LogP contribution in [0.1, 0.15) is 78.6 Å². The first-order chi connectivity index (χ1) is 10.1. The molecule has 1 aliphatic carbocycles. The monoisotopic (exact) mass is 295 g/mol. The lowest BCUT2D eigenvalue weighted by Crippen LogP contribution is -2.61. The van der Waals surface area contributed by atoms with Gasteiger partial charge in [0.15, 0.2) is 0 Å². The molecule has 0 unspecified atom stereocenters. The largest absolute Gasteiger partial charge is 0.375 e. The van der Waals surface area contributed by atoms with Gasteiger partial charge in [-0.1, -0.05) is 27.2 Å². The highest BCUT2D eigenvalue weighted by atomic mass is 16.3. The number of fused-ring (bicyclic) bond motifs is 1. The van der Waals surface area contributed by atoms with Crippen LogP contribution in [-0.4, -0.2) is 34.6 Å². The van der Waals surface area contributed by atoms with Crippen LogP contribution in [0.5, 0.6) is 0 Å². The van der Waals surface area contributed by atoms with Crippen molar-refractivity contribution in [2.45, 2.75) is 84.3 Å². The third-order valence-corrected chi connectivity index (χ3v) is 6.12. The van der Waals surface area contributed by atoms with Crippen molar-refractivity contribution in [3.05, 3.63) is 0 Å². The lowest BCUT2D eigenvalue weighted by molar-refractivity contribution is -0.208. The van der Waals surface area contributed by atoms with E-state index in [-0.39, 0.29) is 11.3 Å². The molecule has 122 valence electrons. The van der Waals surface area contributed by atoms with Crippen LogP contribution >= 0.6 is 0 Å². The SMILES string of the molecule is CCCC[C@@]1(O)N(CCC)CCC[C@@H]2C(=O)CC[C@@]21CC. The van der Waals surface area contributed by atoms with Gasteiger partial charge in [0.1, 0.15) is 11.5 Å². The van der Waals surface area contributed by atoms with Crippen LogP contribution in [-0.2, 0) is 4.79 Å². The molecule has 3 heteroatoms. The summed E-state index contributed by atoms with van der Waals surface area (Å²) in [6, 6.07) is 0. The number of ketones is 1. The van der Waals surface area contributed by atoms with Crippen molar-refractivity contribution in [2.75, 3.05) is 13.1 Å². The maximum atomic E-state index is 12.4. The second-order valence-electron chi connectivity index (χ2n) is 7.08. The van der Waals surface area contributed by atoms with Gasteiger partial charge in [-0.15, -0.1) is 0 Å². The van der Waals surface area contributed by atoms with Crippen LogP contribution in [0.2, 0.25) is 0 Å². The van der Waals surface area contributed by atoms with Crippen LogP contribution in [0.3, 0.4) is 0 Å². The van der Waals surface area contributed by atoms with Crippen LogP contribution in [0.4, 0.5) is 0 Å². The van der Waals surface area contributed by atoms with E-state index in [1.54, 1.807) is 0 Å². The number of carbonyl (C=O) groups is 1. The molecule has 0 spiro atoms. The summed E-state index contributed by atoms with van der Waals surface area (Å²) < 4.78 is 0. The van der Waals surface area contributed by atoms with Gasteiger partial charge < -0.3 is 5.11 Å². The lowest BCUT2D eigenvalue weighted by atomic mass is 9.65. The van der Waals surface area contributed by atoms with Crippen LogP contribution in [0.15, 0.2) is 0 Å². The third kappa shape index (κ3) is 2.68. The summed E-state index contributed by atoms with van der Waals surface area (Å²) in [5, 5.41) is 11.8. The van der Waals surface area contributed by atoms with Gasteiger partial charge in [0.25, 0.3) is 0 Å². The fourth-order valence-corrected chi connectivity index (χ4v) is 5.01. The number of Topliss-reactive ketones (excluding diaryl/α,β-unsaturated/α-hetero) is 1. The molecule has 21 heavy (non-hydrogen) atoms. The minimum atomic E-state index is -0.777. The second-order valence-corrected chi connectivity index (χ2v) is 7.08. The van der Waals surface area contributed by atoms with Gasteiger partial charge in [-0.25, -0.2) is 0 Å². The fourth-order valence-electron chi connectivity index (χ4n) is 5.01. The molecule has 2 rings (SSSR count). The molecule has 0 aromatic carbocycles. The Labute approximate surface area is 130 Å². The molecule has 3 atom stereocenters. The maximum absolute atomic E-state index is 12.4. The van der Waals surface area contributed by atoms with Crippen molar-refractivity contribution in [1.29, 1.82) is 0 Å². The molecule has 0 aromatic heterocycles. The van der Waals surface area contributed by atoms with E-state index in [2.05, 4.69) is 25.7 Å². The highest BCUT2D eigenvalue weighted by molar-refractivity contribution is 5.84. The second kappa shape index (κ2) is 6.78. The highest BCUT2D eigenvalue weighted by Gasteiger charge is 2.61. The lowest BCUT2D eigenvalue weighted by Gasteiger charge is -2.52. The number of rotatable bonds is 6. The van der Waals surface area contributed by atoms with Crippen LogP contribution in [0.25, 0.3) is 0 Å². The predicted molar refractivity (Wildman–Crippen MR) is 86.0 cm³/mol. The third-order valence-electron chi connectivity index (χ3n) is 6.12. The van der Waals surface area contributed by atoms with Gasteiger partial charge in [0.2, 0.25) is 0 Å². The predicted octanol–water partition coefficient (Wildman–Crippen LogP) is 3.75. The van der Waals surface area contributed by atoms with Gasteiger partial charge in [0.05, 0.1) is 0 Å². The minimum absolute atomic E-state index is 0.0891. The topological polar surface area (TPSA) is 40.5 Å². The first-order valence-electron chi connectivity index (χ1n) is 9.05. The van der Waals surface area contributed by atoms with E-state index in [1.165, 1.54) is 0 Å². The number of hydrogen-bond donors (Lipinski definition) is 1. The molecular weight excluding hydrogens is 262 g/mol. The van der Waals surface area contributed by atoms with Crippen LogP contribution < -0.4 is 0 Å². The van der Waals surface area contributed by atoms with E-state index in [9.17, 15) is 9.90 Å². The van der Waals surface area contributed by atoms with E-state index in [4.69, 9.17) is 0 Å². The van der Waals surface area contributed by atoms with E-state index >= 15 is 0 Å². The van der Waals surface area contributed by atoms with E-state index in [0.717, 1.165) is 64.5 Å². The molecule has 0 radical (unpaired) electrons. The summed E-state index contributed by atoms with van der Waals surface area (Å²) in [5.74, 6) is 0.497. The molecule has 0 bridgehead atoms. The maximum Gasteiger partial charge on any atom is 0.136 e. The molecule has 0 aromatic rings. The molecular formula is C18H33NO2. The average molecular weight is 295 g/mol. The standard InChI is InChI=1S/C18H33NO2/c1-4-7-11-18(21)17(6-3)12-10-16(20)15(17)9-8-14-19(18)13-5-2/h15,21H,4-14H2,1-3H3/t15-,17+,18+/m1/s1. The van der Waals surface area contributed by atoms with Crippen molar-refractivity contribution >= 4 is 5.78 Å². The Balaban J connectivity index is 2.42. The zero-order valence-corrected chi connectivity index (χ0v) is 14.2. The molecule has 1 N–H and O–H groups in total. The number of unbranched alkanes of at least 4 members (excludes halogenated alkanes) is 1. The Morgan fingerprint density at radius 3 is 2.67 bits per heavy atom. The number of hydrogen-bond acceptors (Lipinski definition) is 3. The van der Waals surface area contributed by atoms with Crippen molar-refractivity contribution < 1.29 is 9.90 Å². The Bertz CT molecular complexity index is 370. The molecule has 0 amide bonds. The Morgan fingerprint density at radius 2 is 2.05 bits per heavy atom. The van der Waals surface area contributed by atoms with Gasteiger partial charge >= 0.3 is 0 Å². The fraction of sp³-hybridized carbons (Fsp3) is 0.944. The molecule has 3 nitrogen and oxygen atoms in total. The quantitative estimate of drug-likeness (QED) is 0.811. The first kappa shape index (κ1) is 17.0. The van der Waals surface area contributed by atoms with E-state index < -0.39 is 5.72 Å². The summed E-state index contributed by atoms with van der Waals surface area (Å²) in [6.07, 6.45) is 8.52. The molecule has 2 aliphatic rings. The van der Waals surface area contributed by atoms with E-state index in [0.29, 0.717) is 12.2 Å². The summed E-state index contributed by atoms with van der Waals surface area (Å²) in [6.45, 7) is 8.43. The minimum Gasteiger partial charge on any atom is -0.375 e. The number of aliphatic hydroxyl groups is 1. The highest BCUT2D eigenvalue weighted by Crippen LogP contribution is 2.57. The smallest absolute Gasteiger partial charge is 0.136 e. The molecule has 1 saturated heterocycles. The van der Waals surface area contributed by atoms with Crippen molar-refractivity contribution in [2.24, 2.45) is 11.3 Å². The van der Waals surface area contributed by atoms with Gasteiger partial charge in [-0.3, -0.25) is 9.69 Å². The summed E-state index contributed by atoms with van der Waals surface area (Å²) in [7, 11) is 0. The van der Waals surface area contributed by atoms with Gasteiger partial charge in [-0.2, -0.15) is 0 Å². The van der Waals surface area contributed by atoms with Gasteiger partial charge in [0, 0.05) is 30.8 Å². The number of likely N-dealkylation sites (tertiary alicyclic amines) is 1. The Hall–Kier alpha value is -0.410.